The first-order chi connectivity index (χ1) is 9.50. The summed E-state index contributed by atoms with van der Waals surface area (Å²) in [5.41, 5.74) is 0.127. The fraction of sp³-hybridized carbons (Fsp3) is 0.154. The van der Waals surface area contributed by atoms with Crippen LogP contribution in [0.4, 0.5) is 0 Å². The third-order valence-electron chi connectivity index (χ3n) is 2.54. The molecule has 2 rings (SSSR count). The highest BCUT2D eigenvalue weighted by atomic mass is 35.5. The number of nitrogens with zero attached hydrogens (tertiary/aromatic N) is 2. The van der Waals surface area contributed by atoms with Crippen LogP contribution in [-0.2, 0) is 4.79 Å². The van der Waals surface area contributed by atoms with Crippen LogP contribution in [0.25, 0.3) is 5.69 Å². The maximum absolute atomic E-state index is 12.1. The summed E-state index contributed by atoms with van der Waals surface area (Å²) in [7, 11) is 0. The van der Waals surface area contributed by atoms with Crippen molar-refractivity contribution in [2.45, 2.75) is 17.1 Å². The summed E-state index contributed by atoms with van der Waals surface area (Å²) < 4.78 is 1.18. The molecule has 0 aliphatic carbocycles. The lowest BCUT2D eigenvalue weighted by molar-refractivity contribution is -0.136. The number of aromatic nitrogens is 2. The highest BCUT2D eigenvalue weighted by molar-refractivity contribution is 8.00. The lowest BCUT2D eigenvalue weighted by Crippen LogP contribution is -2.22. The first-order valence-electron chi connectivity index (χ1n) is 5.73. The molecule has 1 atom stereocenters. The number of hydrogen-bond donors (Lipinski definition) is 1. The van der Waals surface area contributed by atoms with Gasteiger partial charge in [0.25, 0.3) is 5.56 Å². The molecule has 0 spiro atoms. The first kappa shape index (κ1) is 14.6. The Kier molecular flexibility index (Phi) is 4.46. The standard InChI is InChI=1S/C13H11ClN2O3S/c1-8(13(18)19)20-10-7-15-16(12(17)11(10)14)9-5-3-2-4-6-9/h2-8H,1H3,(H,18,19)/t8-/m0/s1. The molecular formula is C13H11ClN2O3S. The van der Waals surface area contributed by atoms with Crippen LogP contribution < -0.4 is 5.56 Å². The van der Waals surface area contributed by atoms with Gasteiger partial charge in [0, 0.05) is 0 Å². The predicted octanol–water partition coefficient (Wildman–Crippen LogP) is 2.45. The molecule has 1 aromatic carbocycles. The number of carbonyl (C=O) groups is 1. The number of para-hydroxylation sites is 1. The van der Waals surface area contributed by atoms with Gasteiger partial charge in [-0.25, -0.2) is 0 Å². The molecule has 7 heteroatoms. The van der Waals surface area contributed by atoms with E-state index < -0.39 is 16.8 Å². The molecule has 2 aromatic rings. The fourth-order valence-corrected chi connectivity index (χ4v) is 2.54. The summed E-state index contributed by atoms with van der Waals surface area (Å²) >= 11 is 7.00. The number of rotatable bonds is 4. The molecule has 5 nitrogen and oxygen atoms in total. The molecule has 1 N–H and O–H groups in total. The Hall–Kier alpha value is -1.79. The van der Waals surface area contributed by atoms with Crippen molar-refractivity contribution in [1.29, 1.82) is 0 Å². The van der Waals surface area contributed by atoms with E-state index in [2.05, 4.69) is 5.10 Å². The van der Waals surface area contributed by atoms with Crippen molar-refractivity contribution in [3.8, 4) is 5.69 Å². The highest BCUT2D eigenvalue weighted by Crippen LogP contribution is 2.27. The number of benzene rings is 1. The number of carboxylic acid groups (broad SMARTS) is 1. The van der Waals surface area contributed by atoms with E-state index in [0.717, 1.165) is 11.8 Å². The Morgan fingerprint density at radius 3 is 2.65 bits per heavy atom. The number of halogens is 1. The van der Waals surface area contributed by atoms with Gasteiger partial charge in [0.1, 0.15) is 10.3 Å². The van der Waals surface area contributed by atoms with Crippen LogP contribution in [0, 0.1) is 0 Å². The van der Waals surface area contributed by atoms with E-state index in [9.17, 15) is 9.59 Å². The average molecular weight is 311 g/mol. The molecule has 1 heterocycles. The molecule has 0 aliphatic heterocycles. The van der Waals surface area contributed by atoms with Gasteiger partial charge in [-0.2, -0.15) is 9.78 Å². The zero-order chi connectivity index (χ0) is 14.7. The minimum absolute atomic E-state index is 0.0260. The van der Waals surface area contributed by atoms with Crippen molar-refractivity contribution in [1.82, 2.24) is 9.78 Å². The van der Waals surface area contributed by atoms with E-state index in [1.807, 2.05) is 6.07 Å². The molecule has 0 aliphatic rings. The van der Waals surface area contributed by atoms with Gasteiger partial charge in [-0.05, 0) is 19.1 Å². The maximum Gasteiger partial charge on any atom is 0.316 e. The normalized spacial score (nSPS) is 12.1. The lowest BCUT2D eigenvalue weighted by Gasteiger charge is -2.09. The van der Waals surface area contributed by atoms with E-state index in [1.165, 1.54) is 17.8 Å². The van der Waals surface area contributed by atoms with Gasteiger partial charge in [0.2, 0.25) is 0 Å². The van der Waals surface area contributed by atoms with Gasteiger partial charge in [-0.1, -0.05) is 29.8 Å². The molecule has 104 valence electrons. The Morgan fingerprint density at radius 2 is 2.05 bits per heavy atom. The van der Waals surface area contributed by atoms with Crippen molar-refractivity contribution in [3.63, 3.8) is 0 Å². The average Bonchev–Trinajstić information content (AvgIpc) is 2.45. The molecule has 0 saturated carbocycles. The predicted molar refractivity (Wildman–Crippen MR) is 77.8 cm³/mol. The Balaban J connectivity index is 2.40. The van der Waals surface area contributed by atoms with Gasteiger partial charge in [-0.15, -0.1) is 11.8 Å². The van der Waals surface area contributed by atoms with Crippen LogP contribution >= 0.6 is 23.4 Å². The van der Waals surface area contributed by atoms with Crippen molar-refractivity contribution >= 4 is 29.3 Å². The van der Waals surface area contributed by atoms with Crippen molar-refractivity contribution in [2.24, 2.45) is 0 Å². The second-order valence-electron chi connectivity index (χ2n) is 3.97. The molecule has 0 fully saturated rings. The number of aliphatic carboxylic acids is 1. The second-order valence-corrected chi connectivity index (χ2v) is 5.73. The molecule has 0 saturated heterocycles. The second kappa shape index (κ2) is 6.11. The molecule has 20 heavy (non-hydrogen) atoms. The SMILES string of the molecule is C[C@H](Sc1cnn(-c2ccccc2)c(=O)c1Cl)C(=O)O. The van der Waals surface area contributed by atoms with E-state index in [-0.39, 0.29) is 5.02 Å². The van der Waals surface area contributed by atoms with Gasteiger partial charge in [-0.3, -0.25) is 9.59 Å². The van der Waals surface area contributed by atoms with Gasteiger partial charge < -0.3 is 5.11 Å². The fourth-order valence-electron chi connectivity index (χ4n) is 1.49. The van der Waals surface area contributed by atoms with E-state index >= 15 is 0 Å². The lowest BCUT2D eigenvalue weighted by atomic mass is 10.3. The Bertz CT molecular complexity index is 688. The van der Waals surface area contributed by atoms with Crippen LogP contribution in [0.5, 0.6) is 0 Å². The zero-order valence-corrected chi connectivity index (χ0v) is 12.1. The van der Waals surface area contributed by atoms with Crippen molar-refractivity contribution < 1.29 is 9.90 Å². The van der Waals surface area contributed by atoms with Crippen molar-refractivity contribution in [2.75, 3.05) is 0 Å². The van der Waals surface area contributed by atoms with E-state index in [0.29, 0.717) is 10.6 Å². The summed E-state index contributed by atoms with van der Waals surface area (Å²) in [6, 6.07) is 8.86. The van der Waals surface area contributed by atoms with Crippen LogP contribution in [-0.4, -0.2) is 26.1 Å². The first-order valence-corrected chi connectivity index (χ1v) is 6.99. The van der Waals surface area contributed by atoms with Crippen LogP contribution in [0.3, 0.4) is 0 Å². The summed E-state index contributed by atoms with van der Waals surface area (Å²) in [6.07, 6.45) is 1.40. The quantitative estimate of drug-likeness (QED) is 0.878. The maximum atomic E-state index is 12.1. The monoisotopic (exact) mass is 310 g/mol. The molecule has 1 aromatic heterocycles. The molecule has 0 radical (unpaired) electrons. The third-order valence-corrected chi connectivity index (χ3v) is 4.14. The number of thioether (sulfide) groups is 1. The van der Waals surface area contributed by atoms with Crippen LogP contribution in [0.15, 0.2) is 46.2 Å². The molecule has 0 amide bonds. The minimum atomic E-state index is -0.974. The molecular weight excluding hydrogens is 300 g/mol. The zero-order valence-electron chi connectivity index (χ0n) is 10.5. The summed E-state index contributed by atoms with van der Waals surface area (Å²) in [5, 5.41) is 12.2. The third kappa shape index (κ3) is 3.02. The largest absolute Gasteiger partial charge is 0.480 e. The Labute approximate surface area is 124 Å². The van der Waals surface area contributed by atoms with Gasteiger partial charge in [0.05, 0.1) is 16.8 Å². The van der Waals surface area contributed by atoms with Crippen LogP contribution in [0.1, 0.15) is 6.92 Å². The van der Waals surface area contributed by atoms with E-state index in [4.69, 9.17) is 16.7 Å². The molecule has 0 unspecified atom stereocenters. The summed E-state index contributed by atoms with van der Waals surface area (Å²) in [4.78, 5) is 23.3. The van der Waals surface area contributed by atoms with Gasteiger partial charge in [0.15, 0.2) is 0 Å². The van der Waals surface area contributed by atoms with Gasteiger partial charge >= 0.3 is 5.97 Å². The summed E-state index contributed by atoms with van der Waals surface area (Å²) in [6.45, 7) is 1.52. The molecule has 0 bridgehead atoms. The number of carboxylic acids is 1. The Morgan fingerprint density at radius 1 is 1.40 bits per heavy atom. The summed E-state index contributed by atoms with van der Waals surface area (Å²) in [5.74, 6) is -0.974. The smallest absolute Gasteiger partial charge is 0.316 e. The minimum Gasteiger partial charge on any atom is -0.480 e. The van der Waals surface area contributed by atoms with Crippen LogP contribution in [0.2, 0.25) is 5.02 Å². The topological polar surface area (TPSA) is 72.2 Å². The van der Waals surface area contributed by atoms with E-state index in [1.54, 1.807) is 24.3 Å². The highest BCUT2D eigenvalue weighted by Gasteiger charge is 2.17. The van der Waals surface area contributed by atoms with Crippen molar-refractivity contribution in [3.05, 3.63) is 51.9 Å². The number of hydrogen-bond acceptors (Lipinski definition) is 4.